The fraction of sp³-hybridized carbons (Fsp3) is 0.300. The lowest BCUT2D eigenvalue weighted by Crippen LogP contribution is -2.36. The number of rotatable bonds is 5. The molecule has 0 aliphatic heterocycles. The van der Waals surface area contributed by atoms with Crippen molar-refractivity contribution in [1.29, 1.82) is 0 Å². The van der Waals surface area contributed by atoms with E-state index in [1.165, 1.54) is 6.07 Å². The second-order valence-corrected chi connectivity index (χ2v) is 4.73. The number of nitroso groups, excluding NO2 is 1. The minimum Gasteiger partial charge on any atom is -0.361 e. The van der Waals surface area contributed by atoms with Crippen molar-refractivity contribution in [2.45, 2.75) is 6.54 Å². The summed E-state index contributed by atoms with van der Waals surface area (Å²) < 4.78 is 14.3. The third kappa shape index (κ3) is 4.90. The molecule has 1 aromatic carbocycles. The molecule has 0 heterocycles. The lowest BCUT2D eigenvalue weighted by molar-refractivity contribution is 0.603. The highest BCUT2D eigenvalue weighted by molar-refractivity contribution is 14.1. The van der Waals surface area contributed by atoms with Crippen LogP contribution in [0.5, 0.6) is 0 Å². The fourth-order valence-corrected chi connectivity index (χ4v) is 1.98. The predicted octanol–water partition coefficient (Wildman–Crippen LogP) is 2.16. The molecular weight excluding hydrogens is 356 g/mol. The zero-order chi connectivity index (χ0) is 12.7. The van der Waals surface area contributed by atoms with Crippen LogP contribution in [0.25, 0.3) is 0 Å². The maximum atomic E-state index is 13.4. The van der Waals surface area contributed by atoms with E-state index in [0.29, 0.717) is 23.8 Å². The van der Waals surface area contributed by atoms with E-state index in [1.54, 1.807) is 6.07 Å². The number of halogens is 2. The summed E-state index contributed by atoms with van der Waals surface area (Å²) in [7, 11) is 0. The minimum atomic E-state index is -0.262. The molecule has 0 aliphatic carbocycles. The molecule has 0 saturated heterocycles. The molecule has 0 unspecified atom stereocenters. The lowest BCUT2D eigenvalue weighted by atomic mass is 10.2. The van der Waals surface area contributed by atoms with Crippen LogP contribution in [0.3, 0.4) is 0 Å². The van der Waals surface area contributed by atoms with Crippen LogP contribution in [0.15, 0.2) is 23.4 Å². The molecule has 0 aliphatic rings. The van der Waals surface area contributed by atoms with Crippen molar-refractivity contribution in [2.75, 3.05) is 13.1 Å². The van der Waals surface area contributed by atoms with Gasteiger partial charge in [0.05, 0.1) is 6.54 Å². The summed E-state index contributed by atoms with van der Waals surface area (Å²) in [6.45, 7) is 0.841. The Morgan fingerprint density at radius 3 is 2.88 bits per heavy atom. The third-order valence-corrected chi connectivity index (χ3v) is 3.28. The third-order valence-electron chi connectivity index (χ3n) is 1.98. The highest BCUT2D eigenvalue weighted by Crippen LogP contribution is 2.15. The van der Waals surface area contributed by atoms with Crippen molar-refractivity contribution in [3.63, 3.8) is 0 Å². The SMILES string of the molecule is O=NCCNC(=S)NCc1c(F)cccc1I. The van der Waals surface area contributed by atoms with E-state index in [4.69, 9.17) is 12.2 Å². The monoisotopic (exact) mass is 367 g/mol. The van der Waals surface area contributed by atoms with Crippen molar-refractivity contribution in [3.05, 3.63) is 38.1 Å². The molecule has 0 radical (unpaired) electrons. The van der Waals surface area contributed by atoms with Gasteiger partial charge in [-0.1, -0.05) is 11.2 Å². The van der Waals surface area contributed by atoms with Crippen LogP contribution >= 0.6 is 34.8 Å². The second kappa shape index (κ2) is 7.49. The first-order chi connectivity index (χ1) is 8.15. The Kier molecular flexibility index (Phi) is 6.27. The molecule has 0 bridgehead atoms. The largest absolute Gasteiger partial charge is 0.361 e. The smallest absolute Gasteiger partial charge is 0.166 e. The van der Waals surface area contributed by atoms with E-state index >= 15 is 0 Å². The summed E-state index contributed by atoms with van der Waals surface area (Å²) in [4.78, 5) is 9.85. The van der Waals surface area contributed by atoms with Crippen molar-refractivity contribution in [2.24, 2.45) is 5.18 Å². The van der Waals surface area contributed by atoms with Crippen LogP contribution in [0.4, 0.5) is 4.39 Å². The van der Waals surface area contributed by atoms with Gasteiger partial charge in [0.2, 0.25) is 0 Å². The molecule has 0 amide bonds. The maximum Gasteiger partial charge on any atom is 0.166 e. The second-order valence-electron chi connectivity index (χ2n) is 3.16. The molecule has 4 nitrogen and oxygen atoms in total. The Labute approximate surface area is 117 Å². The van der Waals surface area contributed by atoms with Crippen LogP contribution in [-0.4, -0.2) is 18.2 Å². The van der Waals surface area contributed by atoms with Crippen LogP contribution < -0.4 is 10.6 Å². The number of thiocarbonyl (C=S) groups is 1. The molecule has 0 fully saturated rings. The summed E-state index contributed by atoms with van der Waals surface area (Å²) in [6, 6.07) is 4.90. The van der Waals surface area contributed by atoms with Gasteiger partial charge in [-0.25, -0.2) is 4.39 Å². The van der Waals surface area contributed by atoms with Gasteiger partial charge in [-0.2, -0.15) is 4.91 Å². The van der Waals surface area contributed by atoms with Gasteiger partial charge in [-0.05, 0) is 46.9 Å². The van der Waals surface area contributed by atoms with E-state index in [-0.39, 0.29) is 12.4 Å². The Hall–Kier alpha value is -0.830. The summed E-state index contributed by atoms with van der Waals surface area (Å²) >= 11 is 7.03. The Morgan fingerprint density at radius 1 is 1.47 bits per heavy atom. The highest BCUT2D eigenvalue weighted by atomic mass is 127. The lowest BCUT2D eigenvalue weighted by Gasteiger charge is -2.11. The number of hydrogen-bond acceptors (Lipinski definition) is 3. The van der Waals surface area contributed by atoms with Gasteiger partial charge < -0.3 is 10.6 Å². The van der Waals surface area contributed by atoms with Crippen molar-refractivity contribution in [1.82, 2.24) is 10.6 Å². The fourth-order valence-electron chi connectivity index (χ4n) is 1.15. The molecule has 7 heteroatoms. The van der Waals surface area contributed by atoms with Crippen LogP contribution in [-0.2, 0) is 6.54 Å². The first-order valence-corrected chi connectivity index (χ1v) is 6.37. The van der Waals surface area contributed by atoms with E-state index in [0.717, 1.165) is 3.57 Å². The van der Waals surface area contributed by atoms with Gasteiger partial charge >= 0.3 is 0 Å². The zero-order valence-electron chi connectivity index (χ0n) is 8.87. The van der Waals surface area contributed by atoms with E-state index in [1.807, 2.05) is 6.07 Å². The molecule has 2 N–H and O–H groups in total. The number of nitrogens with zero attached hydrogens (tertiary/aromatic N) is 1. The van der Waals surface area contributed by atoms with E-state index in [9.17, 15) is 9.30 Å². The predicted molar refractivity (Wildman–Crippen MR) is 77.2 cm³/mol. The van der Waals surface area contributed by atoms with Crippen molar-refractivity contribution >= 4 is 39.9 Å². The molecule has 0 aromatic heterocycles. The molecule has 0 atom stereocenters. The average Bonchev–Trinajstić information content (AvgIpc) is 2.29. The molecule has 0 saturated carbocycles. The first-order valence-electron chi connectivity index (χ1n) is 4.89. The number of benzene rings is 1. The summed E-state index contributed by atoms with van der Waals surface area (Å²) in [6.07, 6.45) is 0. The first kappa shape index (κ1) is 14.2. The molecule has 1 aromatic rings. The van der Waals surface area contributed by atoms with Gasteiger partial charge in [-0.3, -0.25) is 0 Å². The standard InChI is InChI=1S/C10H11FIN3OS/c11-8-2-1-3-9(12)7(8)6-14-10(17)13-4-5-15-16/h1-3H,4-6H2,(H2,13,14,17). The normalized spacial score (nSPS) is 9.76. The Morgan fingerprint density at radius 2 is 2.24 bits per heavy atom. The van der Waals surface area contributed by atoms with Crippen molar-refractivity contribution in [3.8, 4) is 0 Å². The maximum absolute atomic E-state index is 13.4. The van der Waals surface area contributed by atoms with Gasteiger partial charge in [0.1, 0.15) is 5.82 Å². The molecule has 17 heavy (non-hydrogen) atoms. The zero-order valence-corrected chi connectivity index (χ0v) is 11.8. The van der Waals surface area contributed by atoms with Gasteiger partial charge in [-0.15, -0.1) is 0 Å². The summed E-state index contributed by atoms with van der Waals surface area (Å²) in [5, 5.41) is 8.74. The van der Waals surface area contributed by atoms with E-state index in [2.05, 4.69) is 38.4 Å². The number of nitrogens with one attached hydrogen (secondary N) is 2. The van der Waals surface area contributed by atoms with Crippen LogP contribution in [0, 0.1) is 14.3 Å². The van der Waals surface area contributed by atoms with Crippen molar-refractivity contribution < 1.29 is 4.39 Å². The average molecular weight is 367 g/mol. The molecular formula is C10H11FIN3OS. The Bertz CT molecular complexity index is 396. The minimum absolute atomic E-state index is 0.152. The molecule has 0 spiro atoms. The molecule has 1 rings (SSSR count). The quantitative estimate of drug-likeness (QED) is 0.363. The Balaban J connectivity index is 2.44. The molecule has 92 valence electrons. The topological polar surface area (TPSA) is 53.5 Å². The highest BCUT2D eigenvalue weighted by Gasteiger charge is 2.06. The van der Waals surface area contributed by atoms with Crippen LogP contribution in [0.2, 0.25) is 0 Å². The van der Waals surface area contributed by atoms with Crippen LogP contribution in [0.1, 0.15) is 5.56 Å². The summed E-state index contributed by atoms with van der Waals surface area (Å²) in [5.41, 5.74) is 0.575. The van der Waals surface area contributed by atoms with E-state index < -0.39 is 0 Å². The van der Waals surface area contributed by atoms with Gasteiger partial charge in [0.25, 0.3) is 0 Å². The summed E-state index contributed by atoms with van der Waals surface area (Å²) in [5.74, 6) is -0.262. The van der Waals surface area contributed by atoms with Gasteiger partial charge in [0, 0.05) is 22.2 Å². The van der Waals surface area contributed by atoms with Gasteiger partial charge in [0.15, 0.2) is 5.11 Å². The number of hydrogen-bond donors (Lipinski definition) is 2.